The molecule has 0 saturated heterocycles. The number of phenols is 1. The first kappa shape index (κ1) is 32.8. The summed E-state index contributed by atoms with van der Waals surface area (Å²) in [4.78, 5) is 0. The summed E-state index contributed by atoms with van der Waals surface area (Å²) in [5, 5.41) is 21.0. The lowest BCUT2D eigenvalue weighted by Gasteiger charge is -2.53. The quantitative estimate of drug-likeness (QED) is 0.112. The van der Waals surface area contributed by atoms with Crippen LogP contribution in [0, 0.1) is 23.2 Å². The number of hydrogen-bond acceptors (Lipinski definition) is 3. The van der Waals surface area contributed by atoms with Crippen LogP contribution in [0.1, 0.15) is 114 Å². The highest BCUT2D eigenvalue weighted by molar-refractivity contribution is 7.91. The van der Waals surface area contributed by atoms with Crippen LogP contribution in [0.2, 0.25) is 0 Å². The summed E-state index contributed by atoms with van der Waals surface area (Å²) in [5.74, 6) is -1.64. The van der Waals surface area contributed by atoms with Crippen LogP contribution >= 0.6 is 0 Å². The van der Waals surface area contributed by atoms with Gasteiger partial charge in [0.2, 0.25) is 0 Å². The second-order valence-corrected chi connectivity index (χ2v) is 15.0. The molecule has 3 N–H and O–H groups in total. The van der Waals surface area contributed by atoms with E-state index in [1.54, 1.807) is 0 Å². The summed E-state index contributed by atoms with van der Waals surface area (Å²) < 4.78 is 72.6. The molecule has 234 valence electrons. The highest BCUT2D eigenvalue weighted by atomic mass is 32.2. The molecule has 3 nitrogen and oxygen atoms in total. The van der Waals surface area contributed by atoms with Crippen LogP contribution in [0.4, 0.5) is 22.0 Å². The molecule has 4 unspecified atom stereocenters. The Labute approximate surface area is 244 Å². The molecule has 4 rings (SSSR count). The van der Waals surface area contributed by atoms with E-state index in [1.807, 2.05) is 12.1 Å². The van der Waals surface area contributed by atoms with Crippen LogP contribution < -0.4 is 0 Å². The van der Waals surface area contributed by atoms with Crippen molar-refractivity contribution < 1.29 is 36.7 Å². The number of hydrogen-bond donors (Lipinski definition) is 3. The predicted octanol–water partition coefficient (Wildman–Crippen LogP) is 9.03. The molecule has 0 bridgehead atoms. The van der Waals surface area contributed by atoms with E-state index in [0.717, 1.165) is 77.0 Å². The molecule has 0 heterocycles. The lowest BCUT2D eigenvalue weighted by molar-refractivity contribution is -0.284. The summed E-state index contributed by atoms with van der Waals surface area (Å²) >= 11 is -1.10. The third kappa shape index (κ3) is 7.72. The van der Waals surface area contributed by atoms with Crippen molar-refractivity contribution in [1.82, 2.24) is 0 Å². The first-order valence-electron chi connectivity index (χ1n) is 15.6. The van der Waals surface area contributed by atoms with Crippen LogP contribution in [-0.4, -0.2) is 44.5 Å². The number of aromatic hydroxyl groups is 1. The minimum atomic E-state index is -5.52. The van der Waals surface area contributed by atoms with E-state index in [1.165, 1.54) is 17.5 Å². The molecule has 1 aromatic rings. The van der Waals surface area contributed by atoms with Gasteiger partial charge < -0.3 is 10.2 Å². The fourth-order valence-electron chi connectivity index (χ4n) is 8.29. The Kier molecular flexibility index (Phi) is 11.0. The van der Waals surface area contributed by atoms with Gasteiger partial charge in [-0.25, -0.2) is 0 Å². The summed E-state index contributed by atoms with van der Waals surface area (Å²) in [6, 6.07) is 5.93. The molecule has 7 atom stereocenters. The molecule has 2 saturated carbocycles. The Morgan fingerprint density at radius 3 is 2.27 bits per heavy atom. The van der Waals surface area contributed by atoms with Gasteiger partial charge in [0.25, 0.3) is 0 Å². The molecular weight excluding hydrogens is 559 g/mol. The average Bonchev–Trinajstić information content (AvgIpc) is 3.20. The number of fused-ring (bicyclic) bond motifs is 5. The second-order valence-electron chi connectivity index (χ2n) is 13.2. The van der Waals surface area contributed by atoms with Crippen LogP contribution in [0.3, 0.4) is 0 Å². The molecule has 1 aromatic carbocycles. The molecular formula is C32H48F5O3S+. The molecule has 0 amide bonds. The third-order valence-electron chi connectivity index (χ3n) is 10.6. The highest BCUT2D eigenvalue weighted by Crippen LogP contribution is 2.62. The van der Waals surface area contributed by atoms with E-state index in [0.29, 0.717) is 35.2 Å². The first-order valence-corrected chi connectivity index (χ1v) is 17.2. The van der Waals surface area contributed by atoms with Crippen molar-refractivity contribution in [3.8, 4) is 5.75 Å². The zero-order chi connectivity index (χ0) is 29.8. The summed E-state index contributed by atoms with van der Waals surface area (Å²) in [7, 11) is 0. The van der Waals surface area contributed by atoms with Crippen LogP contribution in [0.5, 0.6) is 5.75 Å². The summed E-state index contributed by atoms with van der Waals surface area (Å²) in [5.41, 5.74) is 2.74. The number of aliphatic hydroxyl groups excluding tert-OH is 1. The fraction of sp³-hybridized carbons (Fsp3) is 0.812. The molecule has 9 heteroatoms. The SMILES string of the molecule is C[C@]12CCC3c4ccc(O)cc4C[C@@H](CCCCCCCCC[S+](O)CCCC(F)(F)C(F)(F)F)C3C1CC[C@@H]2O. The van der Waals surface area contributed by atoms with Crippen molar-refractivity contribution in [3.05, 3.63) is 29.3 Å². The third-order valence-corrected chi connectivity index (χ3v) is 12.1. The molecule has 3 aliphatic carbocycles. The number of rotatable bonds is 14. The van der Waals surface area contributed by atoms with Crippen molar-refractivity contribution in [2.75, 3.05) is 11.5 Å². The van der Waals surface area contributed by atoms with E-state index in [-0.39, 0.29) is 23.7 Å². The second kappa shape index (κ2) is 13.7. The number of halogens is 5. The molecule has 0 radical (unpaired) electrons. The Balaban J connectivity index is 1.15. The van der Waals surface area contributed by atoms with Crippen molar-refractivity contribution in [2.45, 2.75) is 127 Å². The minimum Gasteiger partial charge on any atom is -0.508 e. The van der Waals surface area contributed by atoms with Crippen molar-refractivity contribution >= 4 is 11.2 Å². The van der Waals surface area contributed by atoms with E-state index in [4.69, 9.17) is 0 Å². The van der Waals surface area contributed by atoms with E-state index in [2.05, 4.69) is 13.0 Å². The Morgan fingerprint density at radius 1 is 0.902 bits per heavy atom. The predicted molar refractivity (Wildman–Crippen MR) is 155 cm³/mol. The Bertz CT molecular complexity index is 989. The topological polar surface area (TPSA) is 60.7 Å². The van der Waals surface area contributed by atoms with Gasteiger partial charge in [0.05, 0.1) is 6.10 Å². The van der Waals surface area contributed by atoms with Crippen molar-refractivity contribution in [1.29, 1.82) is 0 Å². The smallest absolute Gasteiger partial charge is 0.453 e. The molecule has 41 heavy (non-hydrogen) atoms. The maximum atomic E-state index is 13.0. The van der Waals surface area contributed by atoms with Gasteiger partial charge in [-0.05, 0) is 104 Å². The number of alkyl halides is 5. The van der Waals surface area contributed by atoms with Crippen molar-refractivity contribution in [2.24, 2.45) is 23.2 Å². The van der Waals surface area contributed by atoms with E-state index >= 15 is 0 Å². The van der Waals surface area contributed by atoms with E-state index < -0.39 is 29.7 Å². The van der Waals surface area contributed by atoms with Crippen molar-refractivity contribution in [3.63, 3.8) is 0 Å². The van der Waals surface area contributed by atoms with Gasteiger partial charge in [0.15, 0.2) is 0 Å². The van der Waals surface area contributed by atoms with Gasteiger partial charge in [-0.1, -0.05) is 45.1 Å². The van der Waals surface area contributed by atoms with Gasteiger partial charge in [-0.15, -0.1) is 0 Å². The molecule has 3 aliphatic rings. The Morgan fingerprint density at radius 2 is 1.56 bits per heavy atom. The summed E-state index contributed by atoms with van der Waals surface area (Å²) in [6.45, 7) is 2.31. The van der Waals surface area contributed by atoms with E-state index in [9.17, 15) is 36.7 Å². The van der Waals surface area contributed by atoms with Crippen LogP contribution in [0.25, 0.3) is 0 Å². The van der Waals surface area contributed by atoms with Gasteiger partial charge in [0, 0.05) is 12.8 Å². The molecule has 2 fully saturated rings. The molecule has 0 aromatic heterocycles. The number of unbranched alkanes of at least 4 members (excludes halogenated alkanes) is 6. The van der Waals surface area contributed by atoms with Gasteiger partial charge in [0.1, 0.15) is 28.4 Å². The number of phenolic OH excluding ortho intramolecular Hbond substituents is 1. The molecule has 0 spiro atoms. The zero-order valence-corrected chi connectivity index (χ0v) is 25.1. The average molecular weight is 608 g/mol. The van der Waals surface area contributed by atoms with Crippen LogP contribution in [0.15, 0.2) is 18.2 Å². The summed E-state index contributed by atoms with van der Waals surface area (Å²) in [6.07, 6.45) is 6.32. The van der Waals surface area contributed by atoms with Gasteiger partial charge >= 0.3 is 12.1 Å². The number of aliphatic hydroxyl groups is 1. The highest BCUT2D eigenvalue weighted by Gasteiger charge is 2.57. The molecule has 0 aliphatic heterocycles. The normalized spacial score (nSPS) is 30.5. The fourth-order valence-corrected chi connectivity index (χ4v) is 9.51. The van der Waals surface area contributed by atoms with Gasteiger partial charge in [-0.2, -0.15) is 26.5 Å². The maximum absolute atomic E-state index is 13.0. The maximum Gasteiger partial charge on any atom is 0.453 e. The van der Waals surface area contributed by atoms with Gasteiger partial charge in [-0.3, -0.25) is 0 Å². The number of benzene rings is 1. The lowest BCUT2D eigenvalue weighted by Crippen LogP contribution is -2.47. The first-order chi connectivity index (χ1) is 19.3. The largest absolute Gasteiger partial charge is 0.508 e. The standard InChI is InChI=1S/C32H47F5O3S/c1-30-17-15-26-25-12-11-24(38)21-23(25)20-22(29(26)27(30)13-14-28(30)39)10-7-5-3-2-4-6-8-18-41(40)19-9-16-31(33,34)32(35,36)37/h11-12,21-22,26-29,39-40H,2-10,13-20H2,1H3/p+1/t22-,26?,27?,28+,29?,30+,41?/m1/s1. The lowest BCUT2D eigenvalue weighted by atomic mass is 9.52. The van der Waals surface area contributed by atoms with Crippen LogP contribution in [-0.2, 0) is 17.6 Å². The Hall–Kier alpha value is -1.06. The minimum absolute atomic E-state index is 0.00223. The zero-order valence-electron chi connectivity index (χ0n) is 24.3. The monoisotopic (exact) mass is 607 g/mol.